The van der Waals surface area contributed by atoms with Crippen LogP contribution in [-0.4, -0.2) is 12.6 Å². The molecular weight excluding hydrogens is 152 g/mol. The first-order valence-electron chi connectivity index (χ1n) is 4.69. The smallest absolute Gasteiger partial charge is 0.123 e. The Labute approximate surface area is 74.3 Å². The maximum absolute atomic E-state index is 10.4. The van der Waals surface area contributed by atoms with Crippen LogP contribution in [0.2, 0.25) is 0 Å². The molecule has 2 heteroatoms. The van der Waals surface area contributed by atoms with Gasteiger partial charge < -0.3 is 9.59 Å². The molecule has 0 aromatic rings. The van der Waals surface area contributed by atoms with Gasteiger partial charge in [-0.3, -0.25) is 0 Å². The van der Waals surface area contributed by atoms with E-state index in [9.17, 15) is 9.59 Å². The summed E-state index contributed by atoms with van der Waals surface area (Å²) in [4.78, 5) is 20.9. The third-order valence-corrected chi connectivity index (χ3v) is 2.34. The van der Waals surface area contributed by atoms with Gasteiger partial charge in [-0.15, -0.1) is 0 Å². The maximum atomic E-state index is 10.4. The molecular formula is C10H18O2. The highest BCUT2D eigenvalue weighted by Gasteiger charge is 2.09. The summed E-state index contributed by atoms with van der Waals surface area (Å²) >= 11 is 0. The molecule has 0 aromatic heterocycles. The highest BCUT2D eigenvalue weighted by molar-refractivity contribution is 5.55. The monoisotopic (exact) mass is 170 g/mol. The first-order chi connectivity index (χ1) is 5.78. The highest BCUT2D eigenvalue weighted by Crippen LogP contribution is 2.14. The number of aldehydes is 2. The molecule has 0 radical (unpaired) electrons. The molecule has 0 aromatic carbocycles. The molecule has 0 aliphatic rings. The van der Waals surface area contributed by atoms with Gasteiger partial charge in [0, 0.05) is 11.8 Å². The van der Waals surface area contributed by atoms with Crippen molar-refractivity contribution in [2.45, 2.75) is 39.5 Å². The Hall–Kier alpha value is -0.660. The molecule has 0 heterocycles. The Morgan fingerprint density at radius 2 is 1.25 bits per heavy atom. The van der Waals surface area contributed by atoms with Gasteiger partial charge >= 0.3 is 0 Å². The zero-order valence-electron chi connectivity index (χ0n) is 7.95. The molecule has 0 amide bonds. The van der Waals surface area contributed by atoms with Crippen molar-refractivity contribution < 1.29 is 9.59 Å². The predicted octanol–water partition coefficient (Wildman–Crippen LogP) is 2.22. The third-order valence-electron chi connectivity index (χ3n) is 2.34. The van der Waals surface area contributed by atoms with Gasteiger partial charge in [-0.25, -0.2) is 0 Å². The van der Waals surface area contributed by atoms with E-state index in [1.165, 1.54) is 0 Å². The van der Waals surface area contributed by atoms with Crippen LogP contribution in [0.25, 0.3) is 0 Å². The van der Waals surface area contributed by atoms with E-state index in [1.54, 1.807) is 0 Å². The maximum Gasteiger partial charge on any atom is 0.123 e. The van der Waals surface area contributed by atoms with Crippen LogP contribution < -0.4 is 0 Å². The zero-order chi connectivity index (χ0) is 9.40. The Balaban J connectivity index is 3.62. The summed E-state index contributed by atoms with van der Waals surface area (Å²) in [6.07, 6.45) is 5.49. The number of carbonyl (C=O) groups is 2. The lowest BCUT2D eigenvalue weighted by Crippen LogP contribution is -2.06. The third kappa shape index (κ3) is 4.27. The minimum atomic E-state index is 0.152. The molecule has 0 bridgehead atoms. The van der Waals surface area contributed by atoms with Gasteiger partial charge in [0.2, 0.25) is 0 Å². The van der Waals surface area contributed by atoms with Gasteiger partial charge in [0.25, 0.3) is 0 Å². The van der Waals surface area contributed by atoms with E-state index in [1.807, 2.05) is 13.8 Å². The van der Waals surface area contributed by atoms with Crippen molar-refractivity contribution in [2.75, 3.05) is 0 Å². The predicted molar refractivity (Wildman–Crippen MR) is 48.9 cm³/mol. The average Bonchev–Trinajstić information content (AvgIpc) is 2.13. The fourth-order valence-corrected chi connectivity index (χ4v) is 1.16. The quantitative estimate of drug-likeness (QED) is 0.549. The fraction of sp³-hybridized carbons (Fsp3) is 0.800. The largest absolute Gasteiger partial charge is 0.303 e. The summed E-state index contributed by atoms with van der Waals surface area (Å²) in [5.41, 5.74) is 0. The van der Waals surface area contributed by atoms with E-state index in [0.717, 1.165) is 38.3 Å². The van der Waals surface area contributed by atoms with Gasteiger partial charge in [0.1, 0.15) is 12.6 Å². The Kier molecular flexibility index (Phi) is 6.63. The summed E-state index contributed by atoms with van der Waals surface area (Å²) in [5, 5.41) is 0. The van der Waals surface area contributed by atoms with Crippen LogP contribution in [0.1, 0.15) is 39.5 Å². The molecule has 2 unspecified atom stereocenters. The van der Waals surface area contributed by atoms with Crippen molar-refractivity contribution in [1.82, 2.24) is 0 Å². The molecule has 12 heavy (non-hydrogen) atoms. The van der Waals surface area contributed by atoms with Crippen molar-refractivity contribution in [1.29, 1.82) is 0 Å². The minimum absolute atomic E-state index is 0.152. The summed E-state index contributed by atoms with van der Waals surface area (Å²) in [6.45, 7) is 4.00. The minimum Gasteiger partial charge on any atom is -0.303 e. The van der Waals surface area contributed by atoms with Gasteiger partial charge in [-0.1, -0.05) is 13.8 Å². The lowest BCUT2D eigenvalue weighted by atomic mass is 9.94. The van der Waals surface area contributed by atoms with Gasteiger partial charge in [0.05, 0.1) is 0 Å². The topological polar surface area (TPSA) is 34.1 Å². The normalized spacial score (nSPS) is 15.2. The Bertz CT molecular complexity index is 116. The standard InChI is InChI=1S/C10H18O2/c1-3-9(7-11)5-6-10(4-2)8-12/h7-10H,3-6H2,1-2H3. The SMILES string of the molecule is CCC(C=O)CCC(C=O)CC. The molecule has 0 spiro atoms. The van der Waals surface area contributed by atoms with E-state index in [0.29, 0.717) is 0 Å². The van der Waals surface area contributed by atoms with Crippen molar-refractivity contribution in [3.05, 3.63) is 0 Å². The van der Waals surface area contributed by atoms with Gasteiger partial charge in [-0.05, 0) is 25.7 Å². The van der Waals surface area contributed by atoms with E-state index >= 15 is 0 Å². The van der Waals surface area contributed by atoms with Crippen molar-refractivity contribution in [3.8, 4) is 0 Å². The molecule has 70 valence electrons. The Morgan fingerprint density at radius 1 is 0.917 bits per heavy atom. The fourth-order valence-electron chi connectivity index (χ4n) is 1.16. The lowest BCUT2D eigenvalue weighted by molar-refractivity contribution is -0.113. The van der Waals surface area contributed by atoms with Crippen LogP contribution in [0.15, 0.2) is 0 Å². The second-order valence-electron chi connectivity index (χ2n) is 3.19. The van der Waals surface area contributed by atoms with E-state index < -0.39 is 0 Å². The van der Waals surface area contributed by atoms with Crippen LogP contribution in [0.5, 0.6) is 0 Å². The summed E-state index contributed by atoms with van der Waals surface area (Å²) in [7, 11) is 0. The number of hydrogen-bond acceptors (Lipinski definition) is 2. The molecule has 0 N–H and O–H groups in total. The van der Waals surface area contributed by atoms with Crippen molar-refractivity contribution in [2.24, 2.45) is 11.8 Å². The van der Waals surface area contributed by atoms with Gasteiger partial charge in [0.15, 0.2) is 0 Å². The second kappa shape index (κ2) is 7.01. The number of hydrogen-bond donors (Lipinski definition) is 0. The molecule has 0 saturated carbocycles. The van der Waals surface area contributed by atoms with Crippen LogP contribution in [0.3, 0.4) is 0 Å². The number of carbonyl (C=O) groups excluding carboxylic acids is 2. The second-order valence-corrected chi connectivity index (χ2v) is 3.19. The zero-order valence-corrected chi connectivity index (χ0v) is 7.95. The van der Waals surface area contributed by atoms with Crippen molar-refractivity contribution >= 4 is 12.6 Å². The van der Waals surface area contributed by atoms with Crippen LogP contribution in [0, 0.1) is 11.8 Å². The summed E-state index contributed by atoms with van der Waals surface area (Å²) in [5.74, 6) is 0.304. The molecule has 0 fully saturated rings. The van der Waals surface area contributed by atoms with Crippen LogP contribution in [0.4, 0.5) is 0 Å². The van der Waals surface area contributed by atoms with Crippen LogP contribution in [-0.2, 0) is 9.59 Å². The summed E-state index contributed by atoms with van der Waals surface area (Å²) in [6, 6.07) is 0. The van der Waals surface area contributed by atoms with E-state index in [-0.39, 0.29) is 11.8 Å². The Morgan fingerprint density at radius 3 is 1.42 bits per heavy atom. The lowest BCUT2D eigenvalue weighted by Gasteiger charge is -2.09. The molecule has 0 rings (SSSR count). The summed E-state index contributed by atoms with van der Waals surface area (Å²) < 4.78 is 0. The first-order valence-corrected chi connectivity index (χ1v) is 4.69. The highest BCUT2D eigenvalue weighted by atomic mass is 16.1. The average molecular weight is 170 g/mol. The van der Waals surface area contributed by atoms with E-state index in [4.69, 9.17) is 0 Å². The van der Waals surface area contributed by atoms with Crippen molar-refractivity contribution in [3.63, 3.8) is 0 Å². The van der Waals surface area contributed by atoms with E-state index in [2.05, 4.69) is 0 Å². The molecule has 2 atom stereocenters. The molecule has 0 saturated heterocycles. The van der Waals surface area contributed by atoms with Gasteiger partial charge in [-0.2, -0.15) is 0 Å². The molecule has 0 aliphatic heterocycles. The first kappa shape index (κ1) is 11.3. The molecule has 0 aliphatic carbocycles. The molecule has 2 nitrogen and oxygen atoms in total. The van der Waals surface area contributed by atoms with Crippen LogP contribution >= 0.6 is 0 Å². The number of rotatable bonds is 7.